The molecule has 0 saturated carbocycles. The Morgan fingerprint density at radius 1 is 0.970 bits per heavy atom. The molecule has 1 saturated heterocycles. The average molecular weight is 449 g/mol. The third-order valence-corrected chi connectivity index (χ3v) is 5.54. The van der Waals surface area contributed by atoms with Gasteiger partial charge in [-0.25, -0.2) is 9.89 Å². The van der Waals surface area contributed by atoms with Crippen molar-refractivity contribution in [3.8, 4) is 0 Å². The Labute approximate surface area is 192 Å². The van der Waals surface area contributed by atoms with Crippen LogP contribution < -0.4 is 5.56 Å². The predicted molar refractivity (Wildman–Crippen MR) is 125 cm³/mol. The number of amides is 2. The van der Waals surface area contributed by atoms with Gasteiger partial charge in [-0.1, -0.05) is 30.3 Å². The molecule has 0 radical (unpaired) electrons. The Kier molecular flexibility index (Phi) is 6.18. The van der Waals surface area contributed by atoms with Gasteiger partial charge in [-0.2, -0.15) is 5.10 Å². The Morgan fingerprint density at radius 3 is 2.33 bits per heavy atom. The number of carbonyl (C=O) groups is 2. The highest BCUT2D eigenvalue weighted by molar-refractivity contribution is 5.94. The second-order valence-electron chi connectivity index (χ2n) is 9.18. The number of carbonyl (C=O) groups excluding carboxylic acids is 2. The minimum absolute atomic E-state index is 0.0695. The van der Waals surface area contributed by atoms with Gasteiger partial charge in [0.15, 0.2) is 0 Å². The second kappa shape index (κ2) is 9.05. The molecule has 1 aliphatic rings. The van der Waals surface area contributed by atoms with E-state index in [1.807, 2.05) is 57.2 Å². The lowest BCUT2D eigenvalue weighted by molar-refractivity contribution is 0.0141. The minimum atomic E-state index is -0.545. The lowest BCUT2D eigenvalue weighted by Crippen LogP contribution is -2.51. The molecule has 1 aromatic heterocycles. The van der Waals surface area contributed by atoms with Gasteiger partial charge in [-0.05, 0) is 44.5 Å². The van der Waals surface area contributed by atoms with Crippen molar-refractivity contribution in [2.45, 2.75) is 32.8 Å². The van der Waals surface area contributed by atoms with E-state index in [2.05, 4.69) is 10.2 Å². The van der Waals surface area contributed by atoms with Gasteiger partial charge in [0.25, 0.3) is 11.5 Å². The fourth-order valence-corrected chi connectivity index (χ4v) is 3.92. The zero-order valence-electron chi connectivity index (χ0n) is 19.1. The number of rotatable bonds is 3. The number of piperazine rings is 1. The normalized spacial score (nSPS) is 14.4. The van der Waals surface area contributed by atoms with Crippen LogP contribution in [0.5, 0.6) is 0 Å². The minimum Gasteiger partial charge on any atom is -0.444 e. The van der Waals surface area contributed by atoms with Crippen molar-refractivity contribution in [3.63, 3.8) is 0 Å². The molecule has 1 N–H and O–H groups in total. The Hall–Kier alpha value is -3.68. The third kappa shape index (κ3) is 5.22. The van der Waals surface area contributed by atoms with Crippen molar-refractivity contribution in [3.05, 3.63) is 75.7 Å². The van der Waals surface area contributed by atoms with Crippen molar-refractivity contribution >= 4 is 22.8 Å². The van der Waals surface area contributed by atoms with Crippen LogP contribution in [0.1, 0.15) is 42.4 Å². The summed E-state index contributed by atoms with van der Waals surface area (Å²) in [6.07, 6.45) is 0.141. The number of benzene rings is 2. The van der Waals surface area contributed by atoms with Crippen molar-refractivity contribution in [1.29, 1.82) is 0 Å². The van der Waals surface area contributed by atoms with Crippen LogP contribution in [0.15, 0.2) is 53.3 Å². The largest absolute Gasteiger partial charge is 0.444 e. The number of H-pyrrole nitrogens is 1. The molecule has 8 nitrogen and oxygen atoms in total. The van der Waals surface area contributed by atoms with E-state index in [1.54, 1.807) is 21.9 Å². The standard InChI is InChI=1S/C25H28N4O4/c1-25(2,3)33-24(32)29-13-11-28(12-14-29)23(31)18-8-6-7-17(15-18)16-21-19-9-4-5-10-20(19)22(30)27-26-21/h4-10,15H,11-14,16H2,1-3H3,(H,27,30). The van der Waals surface area contributed by atoms with Crippen LogP contribution >= 0.6 is 0 Å². The van der Waals surface area contributed by atoms with Crippen LogP contribution in [0.4, 0.5) is 4.79 Å². The summed E-state index contributed by atoms with van der Waals surface area (Å²) in [7, 11) is 0. The first kappa shape index (κ1) is 22.5. The molecule has 2 aromatic carbocycles. The topological polar surface area (TPSA) is 95.6 Å². The lowest BCUT2D eigenvalue weighted by atomic mass is 10.0. The Morgan fingerprint density at radius 2 is 1.64 bits per heavy atom. The van der Waals surface area contributed by atoms with Crippen molar-refractivity contribution in [1.82, 2.24) is 20.0 Å². The van der Waals surface area contributed by atoms with E-state index in [0.717, 1.165) is 16.6 Å². The summed E-state index contributed by atoms with van der Waals surface area (Å²) in [6.45, 7) is 7.29. The molecule has 172 valence electrons. The van der Waals surface area contributed by atoms with Crippen molar-refractivity contribution in [2.75, 3.05) is 26.2 Å². The van der Waals surface area contributed by atoms with Crippen LogP contribution in [0, 0.1) is 0 Å². The molecule has 3 aromatic rings. The molecule has 0 spiro atoms. The highest BCUT2D eigenvalue weighted by Gasteiger charge is 2.28. The first-order valence-corrected chi connectivity index (χ1v) is 11.0. The maximum absolute atomic E-state index is 13.1. The van der Waals surface area contributed by atoms with Gasteiger partial charge in [0, 0.05) is 43.5 Å². The molecular weight excluding hydrogens is 420 g/mol. The SMILES string of the molecule is CC(C)(C)OC(=O)N1CCN(C(=O)c2cccc(Cc3n[nH]c(=O)c4ccccc34)c2)CC1. The van der Waals surface area contributed by atoms with Crippen LogP contribution in [0.2, 0.25) is 0 Å². The average Bonchev–Trinajstić information content (AvgIpc) is 2.80. The summed E-state index contributed by atoms with van der Waals surface area (Å²) >= 11 is 0. The quantitative estimate of drug-likeness (QED) is 0.664. The number of nitrogens with one attached hydrogen (secondary N) is 1. The summed E-state index contributed by atoms with van der Waals surface area (Å²) in [6, 6.07) is 14.8. The Balaban J connectivity index is 1.45. The summed E-state index contributed by atoms with van der Waals surface area (Å²) < 4.78 is 5.42. The summed E-state index contributed by atoms with van der Waals surface area (Å²) in [5.74, 6) is -0.0695. The van der Waals surface area contributed by atoms with E-state index in [9.17, 15) is 14.4 Å². The van der Waals surface area contributed by atoms with Crippen molar-refractivity contribution in [2.24, 2.45) is 0 Å². The summed E-state index contributed by atoms with van der Waals surface area (Å²) in [5.41, 5.74) is 1.51. The van der Waals surface area contributed by atoms with E-state index in [4.69, 9.17) is 4.74 Å². The fraction of sp³-hybridized carbons (Fsp3) is 0.360. The van der Waals surface area contributed by atoms with Crippen LogP contribution in [0.25, 0.3) is 10.8 Å². The third-order valence-electron chi connectivity index (χ3n) is 5.54. The number of aromatic nitrogens is 2. The molecule has 0 aliphatic carbocycles. The first-order chi connectivity index (χ1) is 15.7. The lowest BCUT2D eigenvalue weighted by Gasteiger charge is -2.35. The number of aromatic amines is 1. The number of hydrogen-bond acceptors (Lipinski definition) is 5. The molecule has 4 rings (SSSR count). The van der Waals surface area contributed by atoms with Gasteiger partial charge in [0.2, 0.25) is 0 Å². The van der Waals surface area contributed by atoms with Gasteiger partial charge in [-0.15, -0.1) is 0 Å². The van der Waals surface area contributed by atoms with E-state index in [1.165, 1.54) is 0 Å². The van der Waals surface area contributed by atoms with Crippen molar-refractivity contribution < 1.29 is 14.3 Å². The zero-order valence-corrected chi connectivity index (χ0v) is 19.1. The van der Waals surface area contributed by atoms with Gasteiger partial charge in [0.1, 0.15) is 5.60 Å². The molecule has 2 heterocycles. The highest BCUT2D eigenvalue weighted by atomic mass is 16.6. The molecule has 8 heteroatoms. The summed E-state index contributed by atoms with van der Waals surface area (Å²) in [5, 5.41) is 8.19. The monoisotopic (exact) mass is 448 g/mol. The van der Waals surface area contributed by atoms with E-state index in [0.29, 0.717) is 43.5 Å². The maximum Gasteiger partial charge on any atom is 0.410 e. The van der Waals surface area contributed by atoms with Gasteiger partial charge in [-0.3, -0.25) is 9.59 Å². The highest BCUT2D eigenvalue weighted by Crippen LogP contribution is 2.18. The molecule has 1 aliphatic heterocycles. The second-order valence-corrected chi connectivity index (χ2v) is 9.18. The first-order valence-electron chi connectivity index (χ1n) is 11.0. The number of ether oxygens (including phenoxy) is 1. The molecule has 1 fully saturated rings. The Bertz CT molecular complexity index is 1240. The molecule has 2 amide bonds. The zero-order chi connectivity index (χ0) is 23.6. The molecular formula is C25H28N4O4. The fourth-order valence-electron chi connectivity index (χ4n) is 3.92. The van der Waals surface area contributed by atoms with Crippen LogP contribution in [-0.2, 0) is 11.2 Å². The molecule has 0 atom stereocenters. The van der Waals surface area contributed by atoms with Crippen LogP contribution in [0.3, 0.4) is 0 Å². The maximum atomic E-state index is 13.1. The molecule has 0 bridgehead atoms. The molecule has 0 unspecified atom stereocenters. The van der Waals surface area contributed by atoms with Gasteiger partial charge >= 0.3 is 6.09 Å². The van der Waals surface area contributed by atoms with E-state index in [-0.39, 0.29) is 17.6 Å². The number of hydrogen-bond donors (Lipinski definition) is 1. The van der Waals surface area contributed by atoms with Gasteiger partial charge in [0.05, 0.1) is 11.1 Å². The molecule has 33 heavy (non-hydrogen) atoms. The number of nitrogens with zero attached hydrogens (tertiary/aromatic N) is 3. The van der Waals surface area contributed by atoms with Gasteiger partial charge < -0.3 is 14.5 Å². The van der Waals surface area contributed by atoms with Crippen LogP contribution in [-0.4, -0.2) is 63.8 Å². The summed E-state index contributed by atoms with van der Waals surface area (Å²) in [4.78, 5) is 40.8. The predicted octanol–water partition coefficient (Wildman–Crippen LogP) is 3.21. The van der Waals surface area contributed by atoms with E-state index >= 15 is 0 Å². The number of fused-ring (bicyclic) bond motifs is 1. The smallest absolute Gasteiger partial charge is 0.410 e. The van der Waals surface area contributed by atoms with E-state index < -0.39 is 5.60 Å².